The van der Waals surface area contributed by atoms with E-state index in [1.807, 2.05) is 0 Å². The molecule has 3 aromatic rings. The maximum absolute atomic E-state index is 13.1. The quantitative estimate of drug-likeness (QED) is 0.650. The van der Waals surface area contributed by atoms with Gasteiger partial charge in [0.25, 0.3) is 5.91 Å². The monoisotopic (exact) mass is 374 g/mol. The van der Waals surface area contributed by atoms with Gasteiger partial charge in [0.2, 0.25) is 0 Å². The van der Waals surface area contributed by atoms with Gasteiger partial charge in [-0.3, -0.25) is 15.3 Å². The van der Waals surface area contributed by atoms with Crippen molar-refractivity contribution in [3.8, 4) is 0 Å². The molecule has 0 atom stereocenters. The largest absolute Gasteiger partial charge is 0.416 e. The molecule has 0 bridgehead atoms. The van der Waals surface area contributed by atoms with Crippen LogP contribution in [0.2, 0.25) is 0 Å². The van der Waals surface area contributed by atoms with E-state index in [0.29, 0.717) is 28.3 Å². The number of amides is 1. The third-order valence-corrected chi connectivity index (χ3v) is 4.01. The van der Waals surface area contributed by atoms with Crippen LogP contribution >= 0.6 is 0 Å². The van der Waals surface area contributed by atoms with Crippen molar-refractivity contribution in [2.24, 2.45) is 0 Å². The second-order valence-corrected chi connectivity index (χ2v) is 5.97. The zero-order chi connectivity index (χ0) is 19.6. The fourth-order valence-corrected chi connectivity index (χ4v) is 2.65. The predicted molar refractivity (Wildman–Crippen MR) is 96.4 cm³/mol. The number of H-pyrrole nitrogens is 1. The fraction of sp³-hybridized carbons (Fsp3) is 0.158. The number of hydrogen-bond donors (Lipinski definition) is 2. The molecule has 3 rings (SSSR count). The predicted octanol–water partition coefficient (Wildman–Crippen LogP) is 4.72. The molecule has 0 fully saturated rings. The SMILES string of the molecule is Cc1n[nH]c(C)c1C(=O)N(Nc1ccc(C(F)(F)F)cc1)c1ccccc1. The molecule has 1 amide bonds. The van der Waals surface area contributed by atoms with Crippen LogP contribution in [-0.4, -0.2) is 16.1 Å². The number of carbonyl (C=O) groups is 1. The lowest BCUT2D eigenvalue weighted by atomic mass is 10.1. The third kappa shape index (κ3) is 3.94. The summed E-state index contributed by atoms with van der Waals surface area (Å²) in [5.41, 5.74) is 4.56. The van der Waals surface area contributed by atoms with Gasteiger partial charge in [0.15, 0.2) is 0 Å². The normalized spacial score (nSPS) is 11.3. The van der Waals surface area contributed by atoms with Crippen molar-refractivity contribution in [3.05, 3.63) is 77.1 Å². The van der Waals surface area contributed by atoms with Crippen LogP contribution in [0.5, 0.6) is 0 Å². The molecular formula is C19H17F3N4O. The Bertz CT molecular complexity index is 914. The molecule has 0 saturated heterocycles. The molecule has 5 nitrogen and oxygen atoms in total. The van der Waals surface area contributed by atoms with Crippen LogP contribution in [0, 0.1) is 13.8 Å². The van der Waals surface area contributed by atoms with E-state index in [4.69, 9.17) is 0 Å². The molecule has 27 heavy (non-hydrogen) atoms. The lowest BCUT2D eigenvalue weighted by Gasteiger charge is -2.25. The molecule has 0 unspecified atom stereocenters. The Morgan fingerprint density at radius 2 is 1.67 bits per heavy atom. The van der Waals surface area contributed by atoms with Gasteiger partial charge in [0, 0.05) is 5.69 Å². The standard InChI is InChI=1S/C19H17F3N4O/c1-12-17(13(2)24-23-12)18(27)26(16-6-4-3-5-7-16)25-15-10-8-14(9-11-15)19(20,21)22/h3-11,25H,1-2H3,(H,23,24). The number of aryl methyl sites for hydroxylation is 2. The van der Waals surface area contributed by atoms with E-state index < -0.39 is 11.7 Å². The van der Waals surface area contributed by atoms with Gasteiger partial charge in [-0.25, -0.2) is 5.01 Å². The number of aromatic amines is 1. The van der Waals surface area contributed by atoms with E-state index in [-0.39, 0.29) is 5.91 Å². The number of hydrogen-bond acceptors (Lipinski definition) is 3. The van der Waals surface area contributed by atoms with Gasteiger partial charge in [-0.05, 0) is 50.2 Å². The van der Waals surface area contributed by atoms with Crippen molar-refractivity contribution in [1.29, 1.82) is 0 Å². The Morgan fingerprint density at radius 1 is 1.04 bits per heavy atom. The summed E-state index contributed by atoms with van der Waals surface area (Å²) in [6, 6.07) is 13.3. The fourth-order valence-electron chi connectivity index (χ4n) is 2.65. The van der Waals surface area contributed by atoms with Crippen LogP contribution < -0.4 is 10.4 Å². The molecule has 0 radical (unpaired) electrons. The highest BCUT2D eigenvalue weighted by atomic mass is 19.4. The first-order chi connectivity index (χ1) is 12.8. The van der Waals surface area contributed by atoms with E-state index in [1.54, 1.807) is 44.2 Å². The summed E-state index contributed by atoms with van der Waals surface area (Å²) in [4.78, 5) is 13.1. The number of anilines is 2. The van der Waals surface area contributed by atoms with Gasteiger partial charge in [-0.2, -0.15) is 18.3 Å². The molecule has 0 spiro atoms. The van der Waals surface area contributed by atoms with Crippen molar-refractivity contribution in [2.75, 3.05) is 10.4 Å². The minimum absolute atomic E-state index is 0.346. The number of para-hydroxylation sites is 1. The number of aromatic nitrogens is 2. The molecule has 1 aromatic heterocycles. The first-order valence-electron chi connectivity index (χ1n) is 8.12. The second-order valence-electron chi connectivity index (χ2n) is 5.97. The van der Waals surface area contributed by atoms with Crippen molar-refractivity contribution >= 4 is 17.3 Å². The van der Waals surface area contributed by atoms with Crippen LogP contribution in [0.15, 0.2) is 54.6 Å². The highest BCUT2D eigenvalue weighted by Gasteiger charge is 2.30. The Hall–Kier alpha value is -3.29. The molecule has 0 aliphatic carbocycles. The van der Waals surface area contributed by atoms with Crippen LogP contribution in [0.4, 0.5) is 24.5 Å². The minimum Gasteiger partial charge on any atom is -0.291 e. The Kier molecular flexibility index (Phi) is 4.89. The first-order valence-corrected chi connectivity index (χ1v) is 8.12. The molecule has 140 valence electrons. The summed E-state index contributed by atoms with van der Waals surface area (Å²) in [5, 5.41) is 8.08. The van der Waals surface area contributed by atoms with Gasteiger partial charge < -0.3 is 0 Å². The molecule has 2 aromatic carbocycles. The summed E-state index contributed by atoms with van der Waals surface area (Å²) in [6.45, 7) is 3.44. The van der Waals surface area contributed by atoms with Crippen molar-refractivity contribution in [1.82, 2.24) is 10.2 Å². The Labute approximate surface area is 153 Å². The highest BCUT2D eigenvalue weighted by Crippen LogP contribution is 2.30. The van der Waals surface area contributed by atoms with E-state index in [9.17, 15) is 18.0 Å². The van der Waals surface area contributed by atoms with Crippen molar-refractivity contribution in [3.63, 3.8) is 0 Å². The van der Waals surface area contributed by atoms with Crippen LogP contribution in [0.25, 0.3) is 0 Å². The Morgan fingerprint density at radius 3 is 2.19 bits per heavy atom. The third-order valence-electron chi connectivity index (χ3n) is 4.01. The summed E-state index contributed by atoms with van der Waals surface area (Å²) >= 11 is 0. The maximum atomic E-state index is 13.1. The molecule has 0 aliphatic rings. The number of alkyl halides is 3. The molecule has 0 aliphatic heterocycles. The van der Waals surface area contributed by atoms with E-state index in [2.05, 4.69) is 15.6 Å². The number of hydrazine groups is 1. The number of rotatable bonds is 4. The van der Waals surface area contributed by atoms with Gasteiger partial charge in [-0.15, -0.1) is 0 Å². The molecule has 2 N–H and O–H groups in total. The highest BCUT2D eigenvalue weighted by molar-refractivity contribution is 6.08. The van der Waals surface area contributed by atoms with Gasteiger partial charge in [-0.1, -0.05) is 18.2 Å². The number of nitrogens with zero attached hydrogens (tertiary/aromatic N) is 2. The van der Waals surface area contributed by atoms with E-state index >= 15 is 0 Å². The van der Waals surface area contributed by atoms with Crippen LogP contribution in [-0.2, 0) is 6.18 Å². The van der Waals surface area contributed by atoms with E-state index in [1.165, 1.54) is 17.1 Å². The molecule has 0 saturated carbocycles. The molecular weight excluding hydrogens is 357 g/mol. The van der Waals surface area contributed by atoms with Crippen molar-refractivity contribution < 1.29 is 18.0 Å². The van der Waals surface area contributed by atoms with Crippen LogP contribution in [0.1, 0.15) is 27.3 Å². The topological polar surface area (TPSA) is 61.0 Å². The summed E-state index contributed by atoms with van der Waals surface area (Å²) < 4.78 is 38.3. The van der Waals surface area contributed by atoms with Gasteiger partial charge >= 0.3 is 6.18 Å². The van der Waals surface area contributed by atoms with Gasteiger partial charge in [0.1, 0.15) is 0 Å². The zero-order valence-corrected chi connectivity index (χ0v) is 14.6. The lowest BCUT2D eigenvalue weighted by Crippen LogP contribution is -2.37. The second kappa shape index (κ2) is 7.14. The smallest absolute Gasteiger partial charge is 0.291 e. The van der Waals surface area contributed by atoms with E-state index in [0.717, 1.165) is 12.1 Å². The molecule has 8 heteroatoms. The van der Waals surface area contributed by atoms with Crippen LogP contribution in [0.3, 0.4) is 0 Å². The number of benzene rings is 2. The lowest BCUT2D eigenvalue weighted by molar-refractivity contribution is -0.137. The first kappa shape index (κ1) is 18.5. The summed E-state index contributed by atoms with van der Waals surface area (Å²) in [7, 11) is 0. The Balaban J connectivity index is 1.95. The average molecular weight is 374 g/mol. The minimum atomic E-state index is -4.42. The number of nitrogens with one attached hydrogen (secondary N) is 2. The number of halogens is 3. The maximum Gasteiger partial charge on any atom is 0.416 e. The number of carbonyl (C=O) groups excluding carboxylic acids is 1. The average Bonchev–Trinajstić information content (AvgIpc) is 2.98. The summed E-state index contributed by atoms with van der Waals surface area (Å²) in [6.07, 6.45) is -4.42. The van der Waals surface area contributed by atoms with Crippen molar-refractivity contribution in [2.45, 2.75) is 20.0 Å². The molecule has 1 heterocycles. The summed E-state index contributed by atoms with van der Waals surface area (Å²) in [5.74, 6) is -0.371. The van der Waals surface area contributed by atoms with Gasteiger partial charge in [0.05, 0.1) is 28.2 Å². The zero-order valence-electron chi connectivity index (χ0n) is 14.6.